The van der Waals surface area contributed by atoms with E-state index in [0.29, 0.717) is 18.4 Å². The van der Waals surface area contributed by atoms with Gasteiger partial charge in [-0.1, -0.05) is 24.3 Å². The number of aliphatic imine (C=N–C) groups is 1. The highest BCUT2D eigenvalue weighted by Gasteiger charge is 2.57. The van der Waals surface area contributed by atoms with Crippen LogP contribution >= 0.6 is 0 Å². The number of nitrogens with zero attached hydrogens (tertiary/aromatic N) is 5. The summed E-state index contributed by atoms with van der Waals surface area (Å²) in [6.45, 7) is 4.33. The van der Waals surface area contributed by atoms with Gasteiger partial charge in [-0.3, -0.25) is 24.2 Å². The quantitative estimate of drug-likeness (QED) is 0.555. The number of fused-ring (bicyclic) bond motifs is 1. The van der Waals surface area contributed by atoms with Crippen LogP contribution in [0.1, 0.15) is 43.2 Å². The Bertz CT molecular complexity index is 1450. The molecule has 1 unspecified atom stereocenters. The van der Waals surface area contributed by atoms with Gasteiger partial charge in [0.15, 0.2) is 0 Å². The molecule has 2 saturated carbocycles. The first kappa shape index (κ1) is 21.8. The minimum atomic E-state index is -0.534. The third-order valence-electron chi connectivity index (χ3n) is 8.45. The number of likely N-dealkylation sites (tertiary alicyclic amines) is 1. The van der Waals surface area contributed by atoms with E-state index in [4.69, 9.17) is 4.99 Å². The molecule has 3 aromatic rings. The number of hydrogen-bond acceptors (Lipinski definition) is 4. The first-order chi connectivity index (χ1) is 17.4. The van der Waals surface area contributed by atoms with Crippen LogP contribution in [0.5, 0.6) is 0 Å². The van der Waals surface area contributed by atoms with Crippen molar-refractivity contribution in [2.45, 2.75) is 44.6 Å². The lowest BCUT2D eigenvalue weighted by molar-refractivity contribution is -0.131. The Morgan fingerprint density at radius 1 is 1.08 bits per heavy atom. The summed E-state index contributed by atoms with van der Waals surface area (Å²) in [5.74, 6) is 1.84. The fourth-order valence-corrected chi connectivity index (χ4v) is 5.94. The van der Waals surface area contributed by atoms with Crippen LogP contribution in [-0.2, 0) is 16.6 Å². The molecule has 1 spiro atoms. The van der Waals surface area contributed by atoms with Crippen molar-refractivity contribution in [2.24, 2.45) is 23.9 Å². The highest BCUT2D eigenvalue weighted by molar-refractivity contribution is 6.17. The fraction of sp³-hybridized carbons (Fsp3) is 0.448. The monoisotopic (exact) mass is 481 g/mol. The van der Waals surface area contributed by atoms with E-state index in [1.165, 1.54) is 0 Å². The molecule has 1 aromatic heterocycles. The standard InChI is InChI=1S/C29H31N5O2/c1-18-13-21(22-6-8-25-23(14-22)15-30-32(25)2)5-7-24(18)26-31-29(10-11-29)28(36)34(26)17-19-9-12-33(16-19)27(35)20-3-4-20/h5-8,13-15,19-20H,3-4,9-12,16-17H2,1-2H3. The van der Waals surface area contributed by atoms with Gasteiger partial charge in [0.05, 0.1) is 11.7 Å². The molecule has 4 aliphatic rings. The number of carbonyl (C=O) groups is 2. The molecule has 3 heterocycles. The molecule has 7 rings (SSSR count). The van der Waals surface area contributed by atoms with E-state index in [-0.39, 0.29) is 11.8 Å². The van der Waals surface area contributed by atoms with Gasteiger partial charge in [-0.05, 0) is 73.8 Å². The molecule has 36 heavy (non-hydrogen) atoms. The SMILES string of the molecule is Cc1cc(-c2ccc3c(cnn3C)c2)ccc1C1=NC2(CC2)C(=O)N1CC1CCN(C(=O)C2CC2)C1. The number of hydrogen-bond donors (Lipinski definition) is 0. The smallest absolute Gasteiger partial charge is 0.256 e. The van der Waals surface area contributed by atoms with Crippen LogP contribution in [0.2, 0.25) is 0 Å². The molecular weight excluding hydrogens is 450 g/mol. The van der Waals surface area contributed by atoms with E-state index in [1.807, 2.05) is 27.7 Å². The Morgan fingerprint density at radius 2 is 1.86 bits per heavy atom. The molecule has 7 heteroatoms. The molecule has 2 aliphatic heterocycles. The highest BCUT2D eigenvalue weighted by Crippen LogP contribution is 2.46. The van der Waals surface area contributed by atoms with E-state index in [0.717, 1.165) is 84.2 Å². The first-order valence-electron chi connectivity index (χ1n) is 13.2. The second-order valence-electron chi connectivity index (χ2n) is 11.2. The van der Waals surface area contributed by atoms with Crippen LogP contribution < -0.4 is 0 Å². The number of amides is 2. The van der Waals surface area contributed by atoms with Gasteiger partial charge in [0.1, 0.15) is 11.4 Å². The number of aryl methyl sites for hydroxylation is 2. The van der Waals surface area contributed by atoms with Crippen molar-refractivity contribution < 1.29 is 9.59 Å². The minimum Gasteiger partial charge on any atom is -0.342 e. The Hall–Kier alpha value is -3.48. The van der Waals surface area contributed by atoms with Crippen LogP contribution in [0, 0.1) is 18.8 Å². The van der Waals surface area contributed by atoms with Crippen molar-refractivity contribution in [3.8, 4) is 11.1 Å². The highest BCUT2D eigenvalue weighted by atomic mass is 16.2. The Morgan fingerprint density at radius 3 is 2.61 bits per heavy atom. The van der Waals surface area contributed by atoms with Crippen molar-refractivity contribution in [1.29, 1.82) is 0 Å². The number of benzene rings is 2. The molecule has 2 aromatic carbocycles. The van der Waals surface area contributed by atoms with Gasteiger partial charge in [0.25, 0.3) is 5.91 Å². The summed E-state index contributed by atoms with van der Waals surface area (Å²) < 4.78 is 1.89. The van der Waals surface area contributed by atoms with E-state index in [2.05, 4.69) is 48.4 Å². The lowest BCUT2D eigenvalue weighted by Crippen LogP contribution is -2.41. The van der Waals surface area contributed by atoms with Crippen LogP contribution in [-0.4, -0.2) is 62.4 Å². The number of amidine groups is 1. The zero-order chi connectivity index (χ0) is 24.6. The van der Waals surface area contributed by atoms with Gasteiger partial charge < -0.3 is 4.90 Å². The van der Waals surface area contributed by atoms with Gasteiger partial charge in [-0.2, -0.15) is 5.10 Å². The molecule has 184 valence electrons. The lowest BCUT2D eigenvalue weighted by atomic mass is 9.98. The van der Waals surface area contributed by atoms with Gasteiger partial charge in [-0.15, -0.1) is 0 Å². The summed E-state index contributed by atoms with van der Waals surface area (Å²) in [5.41, 5.74) is 5.02. The lowest BCUT2D eigenvalue weighted by Gasteiger charge is -2.24. The fourth-order valence-electron chi connectivity index (χ4n) is 5.94. The third-order valence-corrected chi connectivity index (χ3v) is 8.45. The van der Waals surface area contributed by atoms with E-state index >= 15 is 0 Å². The van der Waals surface area contributed by atoms with Gasteiger partial charge >= 0.3 is 0 Å². The topological polar surface area (TPSA) is 70.8 Å². The molecule has 3 fully saturated rings. The van der Waals surface area contributed by atoms with E-state index in [9.17, 15) is 9.59 Å². The Kier molecular flexibility index (Phi) is 4.69. The maximum absolute atomic E-state index is 13.4. The number of rotatable bonds is 5. The number of carbonyl (C=O) groups excluding carboxylic acids is 2. The summed E-state index contributed by atoms with van der Waals surface area (Å²) in [5, 5.41) is 5.48. The van der Waals surface area contributed by atoms with Crippen molar-refractivity contribution in [3.63, 3.8) is 0 Å². The minimum absolute atomic E-state index is 0.148. The van der Waals surface area contributed by atoms with Gasteiger partial charge in [0, 0.05) is 43.5 Å². The zero-order valence-electron chi connectivity index (χ0n) is 20.9. The molecule has 1 atom stereocenters. The van der Waals surface area contributed by atoms with Crippen molar-refractivity contribution in [2.75, 3.05) is 19.6 Å². The van der Waals surface area contributed by atoms with E-state index in [1.54, 1.807) is 0 Å². The molecule has 1 saturated heterocycles. The van der Waals surface area contributed by atoms with Crippen LogP contribution in [0.4, 0.5) is 0 Å². The predicted molar refractivity (Wildman–Crippen MR) is 139 cm³/mol. The van der Waals surface area contributed by atoms with Gasteiger partial charge in [-0.25, -0.2) is 0 Å². The van der Waals surface area contributed by atoms with Gasteiger partial charge in [0.2, 0.25) is 5.91 Å². The average Bonchev–Trinajstić information content (AvgIpc) is 3.78. The molecule has 0 N–H and O–H groups in total. The summed E-state index contributed by atoms with van der Waals surface area (Å²) >= 11 is 0. The summed E-state index contributed by atoms with van der Waals surface area (Å²) in [7, 11) is 1.96. The average molecular weight is 482 g/mol. The summed E-state index contributed by atoms with van der Waals surface area (Å²) in [4.78, 5) is 34.9. The largest absolute Gasteiger partial charge is 0.342 e. The van der Waals surface area contributed by atoms with Crippen LogP contribution in [0.3, 0.4) is 0 Å². The third kappa shape index (κ3) is 3.47. The second kappa shape index (κ2) is 7.76. The van der Waals surface area contributed by atoms with Crippen molar-refractivity contribution in [1.82, 2.24) is 19.6 Å². The Labute approximate surface area is 210 Å². The molecule has 2 aliphatic carbocycles. The number of aromatic nitrogens is 2. The maximum Gasteiger partial charge on any atom is 0.256 e. The first-order valence-corrected chi connectivity index (χ1v) is 13.2. The summed E-state index contributed by atoms with van der Waals surface area (Å²) in [6.07, 6.45) is 6.60. The van der Waals surface area contributed by atoms with Crippen LogP contribution in [0.15, 0.2) is 47.6 Å². The normalized spacial score (nSPS) is 22.7. The maximum atomic E-state index is 13.4. The zero-order valence-corrected chi connectivity index (χ0v) is 20.9. The second-order valence-corrected chi connectivity index (χ2v) is 11.2. The molecule has 0 radical (unpaired) electrons. The van der Waals surface area contributed by atoms with Crippen molar-refractivity contribution >= 4 is 28.6 Å². The van der Waals surface area contributed by atoms with Crippen LogP contribution in [0.25, 0.3) is 22.0 Å². The molecule has 7 nitrogen and oxygen atoms in total. The molecule has 2 amide bonds. The molecule has 0 bridgehead atoms. The summed E-state index contributed by atoms with van der Waals surface area (Å²) in [6, 6.07) is 12.9. The van der Waals surface area contributed by atoms with Crippen molar-refractivity contribution in [3.05, 3.63) is 53.7 Å². The van der Waals surface area contributed by atoms with E-state index < -0.39 is 5.54 Å². The Balaban J connectivity index is 1.15. The predicted octanol–water partition coefficient (Wildman–Crippen LogP) is 3.93. The molecular formula is C29H31N5O2.